The molecule has 0 aromatic heterocycles. The first-order valence-electron chi connectivity index (χ1n) is 10.0. The minimum atomic E-state index is -0.0444. The van der Waals surface area contributed by atoms with E-state index in [4.69, 9.17) is 4.74 Å². The van der Waals surface area contributed by atoms with Crippen LogP contribution < -0.4 is 10.6 Å². The number of rotatable bonds is 4. The van der Waals surface area contributed by atoms with E-state index in [1.807, 2.05) is 11.8 Å². The number of ether oxygens (including phenoxy) is 1. The molecular weight excluding hydrogens is 358 g/mol. The van der Waals surface area contributed by atoms with E-state index >= 15 is 0 Å². The summed E-state index contributed by atoms with van der Waals surface area (Å²) in [6.07, 6.45) is 2.08. The molecule has 0 saturated carbocycles. The number of carbonyl (C=O) groups excluding carboxylic acids is 1. The summed E-state index contributed by atoms with van der Waals surface area (Å²) in [6.45, 7) is 8.76. The highest BCUT2D eigenvalue weighted by atomic mass is 32.2. The van der Waals surface area contributed by atoms with E-state index in [1.54, 1.807) is 0 Å². The van der Waals surface area contributed by atoms with Gasteiger partial charge in [-0.05, 0) is 35.1 Å². The molecule has 5 nitrogen and oxygen atoms in total. The molecule has 2 atom stereocenters. The van der Waals surface area contributed by atoms with Crippen LogP contribution in [0.3, 0.4) is 0 Å². The van der Waals surface area contributed by atoms with Crippen LogP contribution in [0.25, 0.3) is 0 Å². The predicted octanol–water partition coefficient (Wildman–Crippen LogP) is 2.92. The van der Waals surface area contributed by atoms with Gasteiger partial charge in [-0.2, -0.15) is 11.8 Å². The molecule has 3 aliphatic rings. The SMILES string of the molecule is CC1(C)CC(NC(=O)NCC2(N3CCOCC3)CCSC2)c2ccccc21. The van der Waals surface area contributed by atoms with E-state index in [-0.39, 0.29) is 23.0 Å². The number of fused-ring (bicyclic) bond motifs is 1. The van der Waals surface area contributed by atoms with Crippen molar-refractivity contribution in [3.05, 3.63) is 35.4 Å². The molecule has 2 aliphatic heterocycles. The Morgan fingerprint density at radius 2 is 2.07 bits per heavy atom. The number of hydrogen-bond acceptors (Lipinski definition) is 4. The van der Waals surface area contributed by atoms with Crippen LogP contribution in [0.5, 0.6) is 0 Å². The number of urea groups is 1. The molecule has 148 valence electrons. The lowest BCUT2D eigenvalue weighted by atomic mass is 9.86. The number of nitrogens with zero attached hydrogens (tertiary/aromatic N) is 1. The topological polar surface area (TPSA) is 53.6 Å². The predicted molar refractivity (Wildman–Crippen MR) is 110 cm³/mol. The van der Waals surface area contributed by atoms with Gasteiger partial charge in [0.25, 0.3) is 0 Å². The second-order valence-corrected chi connectivity index (χ2v) is 9.79. The van der Waals surface area contributed by atoms with Gasteiger partial charge in [0.05, 0.1) is 19.3 Å². The molecular formula is C21H31N3O2S. The fourth-order valence-corrected chi connectivity index (χ4v) is 6.34. The van der Waals surface area contributed by atoms with Gasteiger partial charge < -0.3 is 15.4 Å². The minimum absolute atomic E-state index is 0.0444. The zero-order valence-electron chi connectivity index (χ0n) is 16.4. The van der Waals surface area contributed by atoms with Crippen molar-refractivity contribution in [2.75, 3.05) is 44.4 Å². The molecule has 6 heteroatoms. The minimum Gasteiger partial charge on any atom is -0.379 e. The molecule has 1 aliphatic carbocycles. The summed E-state index contributed by atoms with van der Waals surface area (Å²) in [5, 5.41) is 6.44. The highest BCUT2D eigenvalue weighted by Crippen LogP contribution is 2.44. The molecule has 1 aromatic rings. The first kappa shape index (κ1) is 19.1. The van der Waals surface area contributed by atoms with Gasteiger partial charge in [-0.15, -0.1) is 0 Å². The van der Waals surface area contributed by atoms with Crippen LogP contribution in [0, 0.1) is 0 Å². The van der Waals surface area contributed by atoms with E-state index in [0.717, 1.165) is 44.9 Å². The van der Waals surface area contributed by atoms with Gasteiger partial charge >= 0.3 is 6.03 Å². The number of amides is 2. The fraction of sp³-hybridized carbons (Fsp3) is 0.667. The van der Waals surface area contributed by atoms with Gasteiger partial charge in [0.1, 0.15) is 0 Å². The maximum atomic E-state index is 12.7. The van der Waals surface area contributed by atoms with Gasteiger partial charge in [0, 0.05) is 30.9 Å². The smallest absolute Gasteiger partial charge is 0.315 e. The zero-order chi connectivity index (χ0) is 18.9. The summed E-state index contributed by atoms with van der Waals surface area (Å²) < 4.78 is 5.52. The standard InChI is InChI=1S/C21H31N3O2S/c1-20(2)13-18(16-5-3-4-6-17(16)20)23-19(25)22-14-21(7-12-27-15-21)24-8-10-26-11-9-24/h3-6,18H,7-15H2,1-2H3,(H2,22,23,25). The van der Waals surface area contributed by atoms with Crippen molar-refractivity contribution in [1.29, 1.82) is 0 Å². The van der Waals surface area contributed by atoms with Crippen LogP contribution in [0.15, 0.2) is 24.3 Å². The molecule has 0 bridgehead atoms. The summed E-state index contributed by atoms with van der Waals surface area (Å²) in [6, 6.07) is 8.55. The highest BCUT2D eigenvalue weighted by molar-refractivity contribution is 7.99. The molecule has 2 amide bonds. The van der Waals surface area contributed by atoms with Crippen LogP contribution in [-0.4, -0.2) is 60.8 Å². The normalized spacial score (nSPS) is 30.1. The van der Waals surface area contributed by atoms with E-state index < -0.39 is 0 Å². The number of carbonyl (C=O) groups is 1. The maximum absolute atomic E-state index is 12.7. The third-order valence-electron chi connectivity index (χ3n) is 6.43. The zero-order valence-corrected chi connectivity index (χ0v) is 17.2. The Hall–Kier alpha value is -1.24. The molecule has 2 N–H and O–H groups in total. The molecule has 1 aromatic carbocycles. The number of nitrogens with one attached hydrogen (secondary N) is 2. The van der Waals surface area contributed by atoms with Gasteiger partial charge in [0.15, 0.2) is 0 Å². The van der Waals surface area contributed by atoms with Crippen LogP contribution in [0.2, 0.25) is 0 Å². The summed E-state index contributed by atoms with van der Waals surface area (Å²) in [4.78, 5) is 15.3. The van der Waals surface area contributed by atoms with E-state index in [0.29, 0.717) is 6.54 Å². The fourth-order valence-electron chi connectivity index (χ4n) is 4.87. The van der Waals surface area contributed by atoms with E-state index in [1.165, 1.54) is 16.9 Å². The first-order chi connectivity index (χ1) is 13.0. The van der Waals surface area contributed by atoms with Crippen LogP contribution in [0.4, 0.5) is 4.79 Å². The van der Waals surface area contributed by atoms with Crippen LogP contribution in [-0.2, 0) is 10.2 Å². The van der Waals surface area contributed by atoms with Crippen LogP contribution >= 0.6 is 11.8 Å². The van der Waals surface area contributed by atoms with Crippen molar-refractivity contribution < 1.29 is 9.53 Å². The number of benzene rings is 1. The Morgan fingerprint density at radius 3 is 2.81 bits per heavy atom. The Balaban J connectivity index is 1.38. The van der Waals surface area contributed by atoms with E-state index in [9.17, 15) is 4.79 Å². The lowest BCUT2D eigenvalue weighted by molar-refractivity contribution is -0.0124. The average molecular weight is 390 g/mol. The number of hydrogen-bond donors (Lipinski definition) is 2. The Labute approximate surface area is 166 Å². The molecule has 0 spiro atoms. The van der Waals surface area contributed by atoms with Crippen LogP contribution in [0.1, 0.15) is 43.9 Å². The lowest BCUT2D eigenvalue weighted by Crippen LogP contribution is -2.60. The quantitative estimate of drug-likeness (QED) is 0.831. The van der Waals surface area contributed by atoms with Crippen molar-refractivity contribution in [1.82, 2.24) is 15.5 Å². The van der Waals surface area contributed by atoms with Crippen molar-refractivity contribution in [3.8, 4) is 0 Å². The van der Waals surface area contributed by atoms with Crippen molar-refractivity contribution in [3.63, 3.8) is 0 Å². The molecule has 2 heterocycles. The molecule has 2 unspecified atom stereocenters. The Morgan fingerprint density at radius 1 is 1.30 bits per heavy atom. The number of morpholine rings is 1. The van der Waals surface area contributed by atoms with Gasteiger partial charge in [-0.3, -0.25) is 4.90 Å². The second-order valence-electron chi connectivity index (χ2n) is 8.68. The van der Waals surface area contributed by atoms with Gasteiger partial charge in [-0.25, -0.2) is 4.79 Å². The third-order valence-corrected chi connectivity index (χ3v) is 7.66. The lowest BCUT2D eigenvalue weighted by Gasteiger charge is -2.43. The largest absolute Gasteiger partial charge is 0.379 e. The maximum Gasteiger partial charge on any atom is 0.315 e. The van der Waals surface area contributed by atoms with Crippen molar-refractivity contribution in [2.45, 2.75) is 43.7 Å². The first-order valence-corrected chi connectivity index (χ1v) is 11.2. The molecule has 27 heavy (non-hydrogen) atoms. The Bertz CT molecular complexity index is 682. The second kappa shape index (κ2) is 7.64. The summed E-state index contributed by atoms with van der Waals surface area (Å²) in [7, 11) is 0. The molecule has 0 radical (unpaired) electrons. The molecule has 4 rings (SSSR count). The molecule has 2 fully saturated rings. The number of thioether (sulfide) groups is 1. The monoisotopic (exact) mass is 389 g/mol. The van der Waals surface area contributed by atoms with Gasteiger partial charge in [0.2, 0.25) is 0 Å². The molecule has 2 saturated heterocycles. The highest BCUT2D eigenvalue weighted by Gasteiger charge is 2.41. The van der Waals surface area contributed by atoms with Crippen molar-refractivity contribution >= 4 is 17.8 Å². The Kier molecular flexibility index (Phi) is 5.41. The summed E-state index contributed by atoms with van der Waals surface area (Å²) >= 11 is 2.00. The average Bonchev–Trinajstić information content (AvgIpc) is 3.25. The van der Waals surface area contributed by atoms with Gasteiger partial charge in [-0.1, -0.05) is 38.1 Å². The van der Waals surface area contributed by atoms with E-state index in [2.05, 4.69) is 53.6 Å². The summed E-state index contributed by atoms with van der Waals surface area (Å²) in [5.74, 6) is 2.26. The summed E-state index contributed by atoms with van der Waals surface area (Å²) in [5.41, 5.74) is 2.80. The third kappa shape index (κ3) is 3.84. The van der Waals surface area contributed by atoms with Crippen molar-refractivity contribution in [2.24, 2.45) is 0 Å².